The van der Waals surface area contributed by atoms with Crippen LogP contribution in [-0.4, -0.2) is 59.7 Å². The van der Waals surface area contributed by atoms with Crippen molar-refractivity contribution in [2.45, 2.75) is 51.5 Å². The molecule has 132 valence electrons. The number of nitrogens with one attached hydrogen (secondary N) is 1. The molecule has 24 heavy (non-hydrogen) atoms. The molecule has 7 nitrogen and oxygen atoms in total. The van der Waals surface area contributed by atoms with Gasteiger partial charge in [0.15, 0.2) is 5.82 Å². The van der Waals surface area contributed by atoms with Crippen molar-refractivity contribution in [3.05, 3.63) is 5.82 Å². The number of nitrogens with zero attached hydrogens (tertiary/aromatic N) is 4. The second-order valence-electron chi connectivity index (χ2n) is 7.69. The summed E-state index contributed by atoms with van der Waals surface area (Å²) >= 11 is 0. The minimum Gasteiger partial charge on any atom is -0.356 e. The van der Waals surface area contributed by atoms with E-state index in [2.05, 4.69) is 25.3 Å². The van der Waals surface area contributed by atoms with E-state index in [9.17, 15) is 4.79 Å². The average molecular weight is 333 g/mol. The molecule has 1 aromatic rings. The first kappa shape index (κ1) is 15.9. The van der Waals surface area contributed by atoms with Gasteiger partial charge in [0.1, 0.15) is 0 Å². The number of aryl methyl sites for hydroxylation is 1. The molecule has 0 saturated carbocycles. The van der Waals surface area contributed by atoms with Gasteiger partial charge in [0.05, 0.1) is 0 Å². The topological polar surface area (TPSA) is 74.5 Å². The monoisotopic (exact) mass is 333 g/mol. The summed E-state index contributed by atoms with van der Waals surface area (Å²) in [5.74, 6) is 0.940. The van der Waals surface area contributed by atoms with Crippen LogP contribution in [0.2, 0.25) is 0 Å². The van der Waals surface area contributed by atoms with E-state index >= 15 is 0 Å². The van der Waals surface area contributed by atoms with E-state index < -0.39 is 0 Å². The Bertz CT molecular complexity index is 594. The van der Waals surface area contributed by atoms with Crippen molar-refractivity contribution in [3.63, 3.8) is 0 Å². The molecule has 1 aromatic heterocycles. The van der Waals surface area contributed by atoms with Gasteiger partial charge in [0.2, 0.25) is 5.91 Å². The number of aromatic nitrogens is 2. The first-order valence-corrected chi connectivity index (χ1v) is 9.20. The lowest BCUT2D eigenvalue weighted by atomic mass is 9.77. The second kappa shape index (κ2) is 6.35. The van der Waals surface area contributed by atoms with Gasteiger partial charge in [-0.05, 0) is 57.5 Å². The number of piperidine rings is 1. The second-order valence-corrected chi connectivity index (χ2v) is 7.69. The van der Waals surface area contributed by atoms with Crippen LogP contribution in [0.5, 0.6) is 0 Å². The highest BCUT2D eigenvalue weighted by Crippen LogP contribution is 2.38. The minimum absolute atomic E-state index is 0.239. The molecule has 4 rings (SSSR count). The maximum absolute atomic E-state index is 11.6. The zero-order valence-electron chi connectivity index (χ0n) is 14.5. The third-order valence-corrected chi connectivity index (χ3v) is 6.06. The molecule has 1 N–H and O–H groups in total. The van der Waals surface area contributed by atoms with Gasteiger partial charge in [-0.15, -0.1) is 0 Å². The molecule has 0 radical (unpaired) electrons. The summed E-state index contributed by atoms with van der Waals surface area (Å²) in [5.41, 5.74) is 0.242. The van der Waals surface area contributed by atoms with Crippen LogP contribution in [0.1, 0.15) is 44.3 Å². The maximum atomic E-state index is 11.6. The number of rotatable bonds is 2. The van der Waals surface area contributed by atoms with Gasteiger partial charge in [-0.2, -0.15) is 4.98 Å². The van der Waals surface area contributed by atoms with Crippen LogP contribution in [0.4, 0.5) is 6.01 Å². The molecule has 3 saturated heterocycles. The molecular weight excluding hydrogens is 306 g/mol. The van der Waals surface area contributed by atoms with Crippen LogP contribution in [0, 0.1) is 12.3 Å². The summed E-state index contributed by atoms with van der Waals surface area (Å²) in [6.07, 6.45) is 6.56. The van der Waals surface area contributed by atoms with Crippen LogP contribution in [0.25, 0.3) is 0 Å². The predicted octanol–water partition coefficient (Wildman–Crippen LogP) is 1.34. The number of anilines is 1. The summed E-state index contributed by atoms with van der Waals surface area (Å²) < 4.78 is 5.33. The van der Waals surface area contributed by atoms with Gasteiger partial charge in [-0.25, -0.2) is 0 Å². The average Bonchev–Trinajstić information content (AvgIpc) is 3.06. The SMILES string of the molecule is Cc1noc(N2CCCC(N3CCC4(CC3)CNC(=O)C4)CC2)n1. The van der Waals surface area contributed by atoms with Gasteiger partial charge in [0, 0.05) is 32.1 Å². The largest absolute Gasteiger partial charge is 0.356 e. The molecule has 0 aliphatic carbocycles. The van der Waals surface area contributed by atoms with E-state index in [0.29, 0.717) is 17.9 Å². The van der Waals surface area contributed by atoms with E-state index in [1.807, 2.05) is 6.92 Å². The Hall–Kier alpha value is -1.63. The summed E-state index contributed by atoms with van der Waals surface area (Å²) in [6, 6.07) is 1.31. The highest BCUT2D eigenvalue weighted by Gasteiger charge is 2.42. The Labute approximate surface area is 142 Å². The quantitative estimate of drug-likeness (QED) is 0.880. The molecule has 1 amide bonds. The zero-order valence-corrected chi connectivity index (χ0v) is 14.5. The number of carbonyl (C=O) groups is 1. The molecule has 3 aliphatic rings. The first-order valence-electron chi connectivity index (χ1n) is 9.20. The summed E-state index contributed by atoms with van der Waals surface area (Å²) in [7, 11) is 0. The standard InChI is InChI=1S/C17H27N5O2/c1-13-19-16(24-20-13)22-7-2-3-14(4-8-22)21-9-5-17(6-10-21)11-15(23)18-12-17/h14H,2-12H2,1H3,(H,18,23). The fourth-order valence-electron chi connectivity index (χ4n) is 4.52. The van der Waals surface area contributed by atoms with Crippen molar-refractivity contribution >= 4 is 11.9 Å². The van der Waals surface area contributed by atoms with Crippen molar-refractivity contribution in [1.29, 1.82) is 0 Å². The van der Waals surface area contributed by atoms with E-state index in [1.165, 1.54) is 6.42 Å². The molecule has 1 unspecified atom stereocenters. The molecule has 3 fully saturated rings. The molecule has 0 aromatic carbocycles. The van der Waals surface area contributed by atoms with Crippen LogP contribution >= 0.6 is 0 Å². The van der Waals surface area contributed by atoms with Crippen molar-refractivity contribution < 1.29 is 9.32 Å². The Morgan fingerprint density at radius 2 is 2.04 bits per heavy atom. The number of likely N-dealkylation sites (tertiary alicyclic amines) is 1. The molecule has 1 spiro atoms. The zero-order chi connectivity index (χ0) is 16.6. The molecule has 4 heterocycles. The Balaban J connectivity index is 1.32. The fraction of sp³-hybridized carbons (Fsp3) is 0.824. The lowest BCUT2D eigenvalue weighted by molar-refractivity contribution is -0.119. The van der Waals surface area contributed by atoms with Gasteiger partial charge >= 0.3 is 6.01 Å². The van der Waals surface area contributed by atoms with Crippen LogP contribution < -0.4 is 10.2 Å². The molecule has 0 bridgehead atoms. The number of hydrogen-bond acceptors (Lipinski definition) is 6. The van der Waals surface area contributed by atoms with Gasteiger partial charge in [0.25, 0.3) is 0 Å². The van der Waals surface area contributed by atoms with Crippen molar-refractivity contribution in [2.24, 2.45) is 5.41 Å². The molecular formula is C17H27N5O2. The Morgan fingerprint density at radius 3 is 2.71 bits per heavy atom. The lowest BCUT2D eigenvalue weighted by Crippen LogP contribution is -2.46. The molecule has 3 aliphatic heterocycles. The van der Waals surface area contributed by atoms with E-state index in [0.717, 1.165) is 64.8 Å². The predicted molar refractivity (Wildman–Crippen MR) is 89.8 cm³/mol. The van der Waals surface area contributed by atoms with Crippen LogP contribution in [0.15, 0.2) is 4.52 Å². The highest BCUT2D eigenvalue weighted by molar-refractivity contribution is 5.79. The summed E-state index contributed by atoms with van der Waals surface area (Å²) in [6.45, 7) is 6.97. The normalized spacial score (nSPS) is 28.1. The van der Waals surface area contributed by atoms with Crippen molar-refractivity contribution in [3.8, 4) is 0 Å². The smallest absolute Gasteiger partial charge is 0.324 e. The first-order chi connectivity index (χ1) is 11.6. The number of carbonyl (C=O) groups excluding carboxylic acids is 1. The van der Waals surface area contributed by atoms with E-state index in [-0.39, 0.29) is 11.3 Å². The maximum Gasteiger partial charge on any atom is 0.324 e. The van der Waals surface area contributed by atoms with E-state index in [1.54, 1.807) is 0 Å². The molecule has 1 atom stereocenters. The fourth-order valence-corrected chi connectivity index (χ4v) is 4.52. The lowest BCUT2D eigenvalue weighted by Gasteiger charge is -2.41. The van der Waals surface area contributed by atoms with Crippen LogP contribution in [-0.2, 0) is 4.79 Å². The van der Waals surface area contributed by atoms with Gasteiger partial charge < -0.3 is 19.6 Å². The van der Waals surface area contributed by atoms with E-state index in [4.69, 9.17) is 4.52 Å². The number of hydrogen-bond donors (Lipinski definition) is 1. The van der Waals surface area contributed by atoms with Crippen molar-refractivity contribution in [1.82, 2.24) is 20.4 Å². The summed E-state index contributed by atoms with van der Waals surface area (Å²) in [4.78, 5) is 20.8. The third kappa shape index (κ3) is 3.14. The summed E-state index contributed by atoms with van der Waals surface area (Å²) in [5, 5.41) is 6.93. The number of amides is 1. The minimum atomic E-state index is 0.239. The Morgan fingerprint density at radius 1 is 1.21 bits per heavy atom. The van der Waals surface area contributed by atoms with Gasteiger partial charge in [-0.1, -0.05) is 5.16 Å². The van der Waals surface area contributed by atoms with Gasteiger partial charge in [-0.3, -0.25) is 4.79 Å². The highest BCUT2D eigenvalue weighted by atomic mass is 16.5. The molecule has 7 heteroatoms. The Kier molecular flexibility index (Phi) is 4.20. The van der Waals surface area contributed by atoms with Crippen LogP contribution in [0.3, 0.4) is 0 Å². The van der Waals surface area contributed by atoms with Crippen molar-refractivity contribution in [2.75, 3.05) is 37.6 Å². The third-order valence-electron chi connectivity index (χ3n) is 6.06.